The van der Waals surface area contributed by atoms with Crippen molar-refractivity contribution in [3.8, 4) is 0 Å². The van der Waals surface area contributed by atoms with Gasteiger partial charge in [0.1, 0.15) is 42.7 Å². The Hall–Kier alpha value is -5.52. The summed E-state index contributed by atoms with van der Waals surface area (Å²) in [7, 11) is 0. The van der Waals surface area contributed by atoms with Crippen LogP contribution in [-0.4, -0.2) is 93.7 Å². The van der Waals surface area contributed by atoms with Crippen LogP contribution in [0, 0.1) is 0 Å². The number of hydrogen-bond donors (Lipinski definition) is 0. The minimum atomic E-state index is -1.27. The highest BCUT2D eigenvalue weighted by atomic mass is 16.8. The summed E-state index contributed by atoms with van der Waals surface area (Å²) in [4.78, 5) is 16.2. The number of hydrogen-bond acceptors (Lipinski definition) is 13. The molecule has 0 aliphatic carbocycles. The zero-order valence-corrected chi connectivity index (χ0v) is 39.5. The van der Waals surface area contributed by atoms with Crippen molar-refractivity contribution in [2.24, 2.45) is 5.11 Å². The normalized spacial score (nSPS) is 26.4. The van der Waals surface area contributed by atoms with Gasteiger partial charge in [-0.2, -0.15) is 0 Å². The fourth-order valence-electron chi connectivity index (χ4n) is 8.83. The minimum Gasteiger partial charge on any atom is -0.454 e. The van der Waals surface area contributed by atoms with E-state index in [4.69, 9.17) is 57.6 Å². The van der Waals surface area contributed by atoms with Gasteiger partial charge >= 0.3 is 5.97 Å². The van der Waals surface area contributed by atoms with Crippen LogP contribution in [0.1, 0.15) is 66.7 Å². The lowest BCUT2D eigenvalue weighted by Crippen LogP contribution is -2.67. The molecule has 370 valence electrons. The van der Waals surface area contributed by atoms with Crippen molar-refractivity contribution >= 4 is 5.97 Å². The van der Waals surface area contributed by atoms with Crippen LogP contribution in [0.4, 0.5) is 0 Å². The Morgan fingerprint density at radius 1 is 0.586 bits per heavy atom. The Morgan fingerprint density at radius 3 is 1.71 bits per heavy atom. The summed E-state index contributed by atoms with van der Waals surface area (Å²) in [6, 6.07) is 49.0. The highest BCUT2D eigenvalue weighted by Crippen LogP contribution is 2.40. The van der Waals surface area contributed by atoms with E-state index in [9.17, 15) is 4.79 Å². The number of unbranched alkanes of at least 4 members (excludes halogenated alkanes) is 3. The molecule has 0 saturated carbocycles. The SMILES string of the molecule is CC(=O)O[C@@H]1[C@@H](O[C@@H]2[C@H](OCc3ccccc3)[C@@H](OCCCCCCN=[N+]=[N-])O[C@@H]3COC(c4ccccc4)O[C@@H]23)O[C@H](COCc2ccccc2)[C@@H](OCc2ccccc2)[C@@H]1OCc1ccccc1. The Morgan fingerprint density at radius 2 is 1.13 bits per heavy atom. The van der Waals surface area contributed by atoms with E-state index >= 15 is 0 Å². The molecule has 3 aliphatic heterocycles. The molecule has 70 heavy (non-hydrogen) atoms. The first-order valence-electron chi connectivity index (χ1n) is 24.2. The van der Waals surface area contributed by atoms with Crippen LogP contribution in [0.3, 0.4) is 0 Å². The number of benzene rings is 5. The molecule has 15 nitrogen and oxygen atoms in total. The first kappa shape index (κ1) is 50.9. The molecule has 0 amide bonds. The lowest BCUT2D eigenvalue weighted by Gasteiger charge is -2.51. The van der Waals surface area contributed by atoms with Crippen LogP contribution < -0.4 is 0 Å². The number of fused-ring (bicyclic) bond motifs is 1. The molecule has 3 saturated heterocycles. The minimum absolute atomic E-state index is 0.0784. The predicted octanol–water partition coefficient (Wildman–Crippen LogP) is 9.73. The number of azide groups is 1. The third-order valence-electron chi connectivity index (χ3n) is 12.3. The van der Waals surface area contributed by atoms with Gasteiger partial charge in [-0.05, 0) is 40.6 Å². The number of esters is 1. The molecule has 11 atom stereocenters. The second kappa shape index (κ2) is 27.2. The van der Waals surface area contributed by atoms with E-state index in [1.807, 2.05) is 152 Å². The summed E-state index contributed by atoms with van der Waals surface area (Å²) in [5.41, 5.74) is 13.3. The van der Waals surface area contributed by atoms with Gasteiger partial charge in [-0.3, -0.25) is 4.79 Å². The third-order valence-corrected chi connectivity index (χ3v) is 12.3. The molecule has 0 radical (unpaired) electrons. The van der Waals surface area contributed by atoms with Gasteiger partial charge < -0.3 is 52.1 Å². The molecule has 5 aromatic carbocycles. The van der Waals surface area contributed by atoms with Gasteiger partial charge in [0.2, 0.25) is 0 Å². The monoisotopic (exact) mass is 957 g/mol. The van der Waals surface area contributed by atoms with E-state index in [2.05, 4.69) is 10.0 Å². The topological polar surface area (TPSA) is 167 Å². The number of rotatable bonds is 25. The van der Waals surface area contributed by atoms with Gasteiger partial charge in [-0.1, -0.05) is 170 Å². The second-order valence-corrected chi connectivity index (χ2v) is 17.5. The van der Waals surface area contributed by atoms with Gasteiger partial charge in [0.15, 0.2) is 25.0 Å². The molecular formula is C55H63N3O12. The summed E-state index contributed by atoms with van der Waals surface area (Å²) < 4.78 is 74.1. The van der Waals surface area contributed by atoms with Crippen LogP contribution in [0.25, 0.3) is 10.4 Å². The molecule has 3 aliphatic rings. The Balaban J connectivity index is 1.15. The van der Waals surface area contributed by atoms with Gasteiger partial charge in [-0.25, -0.2) is 0 Å². The molecule has 0 aromatic heterocycles. The summed E-state index contributed by atoms with van der Waals surface area (Å²) in [5, 5.41) is 3.66. The lowest BCUT2D eigenvalue weighted by atomic mass is 9.95. The van der Waals surface area contributed by atoms with Gasteiger partial charge in [0.05, 0.1) is 39.6 Å². The molecule has 0 N–H and O–H groups in total. The fourth-order valence-corrected chi connectivity index (χ4v) is 8.83. The van der Waals surface area contributed by atoms with Gasteiger partial charge in [-0.15, -0.1) is 0 Å². The van der Waals surface area contributed by atoms with E-state index < -0.39 is 73.7 Å². The van der Waals surface area contributed by atoms with E-state index in [0.717, 1.165) is 53.5 Å². The molecule has 15 heteroatoms. The molecule has 3 heterocycles. The van der Waals surface area contributed by atoms with Crippen molar-refractivity contribution in [2.75, 3.05) is 26.4 Å². The Labute approximate surface area is 409 Å². The van der Waals surface area contributed by atoms with Gasteiger partial charge in [0, 0.05) is 30.6 Å². The van der Waals surface area contributed by atoms with Crippen molar-refractivity contribution in [1.29, 1.82) is 0 Å². The van der Waals surface area contributed by atoms with Crippen LogP contribution >= 0.6 is 0 Å². The summed E-state index contributed by atoms with van der Waals surface area (Å²) in [6.07, 6.45) is -6.70. The van der Waals surface area contributed by atoms with Crippen LogP contribution in [-0.2, 0) is 83.3 Å². The fraction of sp³-hybridized carbons (Fsp3) is 0.436. The van der Waals surface area contributed by atoms with E-state index in [1.54, 1.807) is 0 Å². The quantitative estimate of drug-likeness (QED) is 0.0179. The molecule has 8 rings (SSSR count). The molecule has 0 spiro atoms. The first-order valence-corrected chi connectivity index (χ1v) is 24.2. The number of ether oxygens (including phenoxy) is 11. The third kappa shape index (κ3) is 14.8. The first-order chi connectivity index (χ1) is 34.5. The zero-order valence-electron chi connectivity index (χ0n) is 39.5. The van der Waals surface area contributed by atoms with Crippen molar-refractivity contribution in [3.63, 3.8) is 0 Å². The van der Waals surface area contributed by atoms with E-state index in [-0.39, 0.29) is 33.0 Å². The van der Waals surface area contributed by atoms with E-state index in [1.165, 1.54) is 6.92 Å². The number of nitrogens with zero attached hydrogens (tertiary/aromatic N) is 3. The predicted molar refractivity (Wildman–Crippen MR) is 257 cm³/mol. The lowest BCUT2D eigenvalue weighted by molar-refractivity contribution is -0.399. The Kier molecular flexibility index (Phi) is 19.7. The molecule has 1 unspecified atom stereocenters. The van der Waals surface area contributed by atoms with Crippen LogP contribution in [0.5, 0.6) is 0 Å². The smallest absolute Gasteiger partial charge is 0.303 e. The Bertz CT molecular complexity index is 2320. The molecule has 0 bridgehead atoms. The second-order valence-electron chi connectivity index (χ2n) is 17.5. The zero-order chi connectivity index (χ0) is 48.2. The van der Waals surface area contributed by atoms with Crippen molar-refractivity contribution in [2.45, 2.75) is 127 Å². The maximum atomic E-state index is 13.3. The largest absolute Gasteiger partial charge is 0.454 e. The van der Waals surface area contributed by atoms with Gasteiger partial charge in [0.25, 0.3) is 0 Å². The van der Waals surface area contributed by atoms with Crippen LogP contribution in [0.2, 0.25) is 0 Å². The number of carbonyl (C=O) groups excluding carboxylic acids is 1. The highest BCUT2D eigenvalue weighted by Gasteiger charge is 2.56. The van der Waals surface area contributed by atoms with Crippen LogP contribution in [0.15, 0.2) is 157 Å². The average Bonchev–Trinajstić information content (AvgIpc) is 3.40. The van der Waals surface area contributed by atoms with Crippen molar-refractivity contribution in [1.82, 2.24) is 0 Å². The van der Waals surface area contributed by atoms with Crippen molar-refractivity contribution < 1.29 is 56.9 Å². The molecule has 5 aromatic rings. The summed E-state index contributed by atoms with van der Waals surface area (Å²) >= 11 is 0. The maximum absolute atomic E-state index is 13.3. The standard InChI is InChI=1S/C55H63N3O12/c1-39(59)66-52-49(63-35-42-25-13-6-14-26-42)47(62-34-41-23-11-5-12-24-41)45(37-60-33-40-21-9-4-10-22-40)68-55(52)70-50-48-46(38-65-53(69-48)44-29-17-8-18-30-44)67-54(61-32-20-3-2-19-31-57-58-56)51(50)64-36-43-27-15-7-16-28-43/h4-18,21-30,45-55H,2-3,19-20,31-38H2,1H3/t45-,46-,47-,48-,49+,50+,51+,52+,53?,54+,55-/m1/s1. The van der Waals surface area contributed by atoms with E-state index in [0.29, 0.717) is 19.8 Å². The maximum Gasteiger partial charge on any atom is 0.303 e. The average molecular weight is 958 g/mol. The highest BCUT2D eigenvalue weighted by molar-refractivity contribution is 5.66. The summed E-state index contributed by atoms with van der Waals surface area (Å²) in [6.45, 7) is 3.26. The summed E-state index contributed by atoms with van der Waals surface area (Å²) in [5.74, 6) is -0.565. The molecular weight excluding hydrogens is 895 g/mol. The number of carbonyl (C=O) groups is 1. The van der Waals surface area contributed by atoms with Crippen molar-refractivity contribution in [3.05, 3.63) is 190 Å². The molecule has 3 fully saturated rings.